The lowest BCUT2D eigenvalue weighted by molar-refractivity contribution is -0.136. The summed E-state index contributed by atoms with van der Waals surface area (Å²) in [5, 5.41) is 14.9. The molecule has 0 aliphatic carbocycles. The van der Waals surface area contributed by atoms with E-state index in [2.05, 4.69) is 10.6 Å². The fourth-order valence-electron chi connectivity index (χ4n) is 1.96. The number of rotatable bonds is 6. The number of hydrogen-bond acceptors (Lipinski definition) is 5. The van der Waals surface area contributed by atoms with Crippen LogP contribution in [0.4, 0.5) is 5.69 Å². The zero-order chi connectivity index (χ0) is 16.7. The molecule has 0 fully saturated rings. The van der Waals surface area contributed by atoms with Crippen LogP contribution in [0.1, 0.15) is 18.1 Å². The number of thioether (sulfide) groups is 1. The van der Waals surface area contributed by atoms with E-state index in [0.717, 1.165) is 4.90 Å². The largest absolute Gasteiger partial charge is 0.472 e. The van der Waals surface area contributed by atoms with Gasteiger partial charge < -0.3 is 20.2 Å². The maximum atomic E-state index is 11.9. The lowest BCUT2D eigenvalue weighted by Crippen LogP contribution is -2.36. The summed E-state index contributed by atoms with van der Waals surface area (Å²) in [4.78, 5) is 24.5. The molecule has 1 atom stereocenters. The normalized spacial score (nSPS) is 11.7. The molecule has 7 heteroatoms. The van der Waals surface area contributed by atoms with Gasteiger partial charge in [0.05, 0.1) is 24.3 Å². The SMILES string of the molecule is CSc1ccccc1NC(=O)C(=O)NCC[C@H](O)c1ccoc1. The van der Waals surface area contributed by atoms with Gasteiger partial charge in [0.1, 0.15) is 0 Å². The highest BCUT2D eigenvalue weighted by atomic mass is 32.2. The molecule has 0 spiro atoms. The highest BCUT2D eigenvalue weighted by Crippen LogP contribution is 2.24. The van der Waals surface area contributed by atoms with E-state index in [9.17, 15) is 14.7 Å². The molecule has 2 rings (SSSR count). The van der Waals surface area contributed by atoms with E-state index in [0.29, 0.717) is 17.7 Å². The number of para-hydroxylation sites is 1. The van der Waals surface area contributed by atoms with Gasteiger partial charge in [-0.25, -0.2) is 0 Å². The minimum atomic E-state index is -0.741. The predicted octanol–water partition coefficient (Wildman–Crippen LogP) is 2.18. The minimum absolute atomic E-state index is 0.183. The van der Waals surface area contributed by atoms with E-state index < -0.39 is 17.9 Å². The van der Waals surface area contributed by atoms with E-state index in [1.54, 1.807) is 18.2 Å². The second kappa shape index (κ2) is 8.40. The van der Waals surface area contributed by atoms with Crippen LogP contribution in [-0.4, -0.2) is 29.7 Å². The number of carbonyl (C=O) groups is 2. The van der Waals surface area contributed by atoms with Gasteiger partial charge in [0.2, 0.25) is 0 Å². The summed E-state index contributed by atoms with van der Waals surface area (Å²) in [6.45, 7) is 0.183. The maximum Gasteiger partial charge on any atom is 0.313 e. The summed E-state index contributed by atoms with van der Waals surface area (Å²) in [5.41, 5.74) is 1.23. The zero-order valence-corrected chi connectivity index (χ0v) is 13.4. The van der Waals surface area contributed by atoms with Gasteiger partial charge >= 0.3 is 11.8 Å². The molecule has 2 aromatic rings. The number of carbonyl (C=O) groups excluding carboxylic acids is 2. The Balaban J connectivity index is 1.80. The third-order valence-electron chi connectivity index (χ3n) is 3.19. The minimum Gasteiger partial charge on any atom is -0.472 e. The topological polar surface area (TPSA) is 91.6 Å². The van der Waals surface area contributed by atoms with Crippen molar-refractivity contribution in [1.82, 2.24) is 5.32 Å². The molecule has 3 N–H and O–H groups in total. The van der Waals surface area contributed by atoms with E-state index in [1.165, 1.54) is 24.3 Å². The molecule has 0 radical (unpaired) electrons. The third-order valence-corrected chi connectivity index (χ3v) is 3.99. The van der Waals surface area contributed by atoms with Crippen molar-refractivity contribution in [3.63, 3.8) is 0 Å². The lowest BCUT2D eigenvalue weighted by atomic mass is 10.1. The number of anilines is 1. The second-order valence-corrected chi connectivity index (χ2v) is 5.62. The first-order chi connectivity index (χ1) is 11.1. The maximum absolute atomic E-state index is 11.9. The summed E-state index contributed by atoms with van der Waals surface area (Å²) in [6.07, 6.45) is 4.35. The van der Waals surface area contributed by atoms with Crippen LogP contribution >= 0.6 is 11.8 Å². The molecule has 1 aromatic heterocycles. The quantitative estimate of drug-likeness (QED) is 0.556. The summed E-state index contributed by atoms with van der Waals surface area (Å²) in [6, 6.07) is 8.89. The monoisotopic (exact) mass is 334 g/mol. The van der Waals surface area contributed by atoms with Gasteiger partial charge in [0, 0.05) is 17.0 Å². The average molecular weight is 334 g/mol. The van der Waals surface area contributed by atoms with Crippen molar-refractivity contribution in [2.75, 3.05) is 18.1 Å². The smallest absolute Gasteiger partial charge is 0.313 e. The summed E-state index contributed by atoms with van der Waals surface area (Å²) >= 11 is 1.48. The Kier molecular flexibility index (Phi) is 6.25. The fraction of sp³-hybridized carbons (Fsp3) is 0.250. The summed E-state index contributed by atoms with van der Waals surface area (Å²) in [5.74, 6) is -1.47. The molecule has 6 nitrogen and oxygen atoms in total. The first-order valence-electron chi connectivity index (χ1n) is 7.04. The van der Waals surface area contributed by atoms with Crippen molar-refractivity contribution >= 4 is 29.3 Å². The first kappa shape index (κ1) is 17.1. The summed E-state index contributed by atoms with van der Waals surface area (Å²) in [7, 11) is 0. The Labute approximate surface area is 138 Å². The number of nitrogens with one attached hydrogen (secondary N) is 2. The molecule has 0 aliphatic rings. The molecule has 0 unspecified atom stereocenters. The number of hydrogen-bond donors (Lipinski definition) is 3. The van der Waals surface area contributed by atoms with E-state index in [-0.39, 0.29) is 6.54 Å². The second-order valence-electron chi connectivity index (χ2n) is 4.77. The van der Waals surface area contributed by atoms with Crippen molar-refractivity contribution in [3.8, 4) is 0 Å². The highest BCUT2D eigenvalue weighted by molar-refractivity contribution is 7.98. The van der Waals surface area contributed by atoms with Crippen molar-refractivity contribution < 1.29 is 19.1 Å². The average Bonchev–Trinajstić information content (AvgIpc) is 3.09. The Bertz CT molecular complexity index is 658. The number of benzene rings is 1. The lowest BCUT2D eigenvalue weighted by Gasteiger charge is -2.11. The van der Waals surface area contributed by atoms with Gasteiger partial charge in [-0.3, -0.25) is 9.59 Å². The number of furan rings is 1. The molecular weight excluding hydrogens is 316 g/mol. The van der Waals surface area contributed by atoms with Crippen LogP contribution in [-0.2, 0) is 9.59 Å². The van der Waals surface area contributed by atoms with Gasteiger partial charge in [-0.2, -0.15) is 0 Å². The number of aliphatic hydroxyl groups excluding tert-OH is 1. The van der Waals surface area contributed by atoms with Gasteiger partial charge in [0.25, 0.3) is 0 Å². The molecule has 0 aliphatic heterocycles. The Hall–Kier alpha value is -2.25. The molecule has 0 saturated carbocycles. The van der Waals surface area contributed by atoms with Crippen molar-refractivity contribution in [1.29, 1.82) is 0 Å². The standard InChI is InChI=1S/C16H18N2O4S/c1-23-14-5-3-2-4-12(14)18-16(21)15(20)17-8-6-13(19)11-7-9-22-10-11/h2-5,7,9-10,13,19H,6,8H2,1H3,(H,17,20)(H,18,21)/t13-/m0/s1. The van der Waals surface area contributed by atoms with Gasteiger partial charge in [-0.05, 0) is 30.9 Å². The number of amides is 2. The predicted molar refractivity (Wildman–Crippen MR) is 88.1 cm³/mol. The van der Waals surface area contributed by atoms with Gasteiger partial charge in [-0.15, -0.1) is 11.8 Å². The van der Waals surface area contributed by atoms with Crippen LogP contribution in [0.2, 0.25) is 0 Å². The molecule has 2 amide bonds. The van der Waals surface area contributed by atoms with E-state index in [4.69, 9.17) is 4.42 Å². The molecule has 122 valence electrons. The molecule has 0 bridgehead atoms. The Morgan fingerprint density at radius 2 is 2.04 bits per heavy atom. The van der Waals surface area contributed by atoms with Crippen molar-refractivity contribution in [2.45, 2.75) is 17.4 Å². The Morgan fingerprint density at radius 3 is 2.74 bits per heavy atom. The summed E-state index contributed by atoms with van der Waals surface area (Å²) < 4.78 is 4.88. The van der Waals surface area contributed by atoms with Crippen LogP contribution in [0.3, 0.4) is 0 Å². The van der Waals surface area contributed by atoms with Crippen molar-refractivity contribution in [2.24, 2.45) is 0 Å². The number of aliphatic hydroxyl groups is 1. The van der Waals surface area contributed by atoms with Crippen LogP contribution < -0.4 is 10.6 Å². The van der Waals surface area contributed by atoms with Crippen LogP contribution in [0.15, 0.2) is 52.2 Å². The molecule has 23 heavy (non-hydrogen) atoms. The van der Waals surface area contributed by atoms with Gasteiger partial charge in [-0.1, -0.05) is 12.1 Å². The Morgan fingerprint density at radius 1 is 1.26 bits per heavy atom. The zero-order valence-electron chi connectivity index (χ0n) is 12.6. The van der Waals surface area contributed by atoms with Crippen LogP contribution in [0, 0.1) is 0 Å². The molecular formula is C16H18N2O4S. The van der Waals surface area contributed by atoms with Crippen LogP contribution in [0.25, 0.3) is 0 Å². The van der Waals surface area contributed by atoms with E-state index in [1.807, 2.05) is 18.4 Å². The van der Waals surface area contributed by atoms with Crippen molar-refractivity contribution in [3.05, 3.63) is 48.4 Å². The molecule has 1 aromatic carbocycles. The first-order valence-corrected chi connectivity index (χ1v) is 8.26. The fourth-order valence-corrected chi connectivity index (χ4v) is 2.51. The van der Waals surface area contributed by atoms with Gasteiger partial charge in [0.15, 0.2) is 0 Å². The van der Waals surface area contributed by atoms with E-state index >= 15 is 0 Å². The third kappa shape index (κ3) is 4.87. The highest BCUT2D eigenvalue weighted by Gasteiger charge is 2.16. The molecule has 1 heterocycles. The molecule has 0 saturated heterocycles. The van der Waals surface area contributed by atoms with Crippen LogP contribution in [0.5, 0.6) is 0 Å².